The highest BCUT2D eigenvalue weighted by atomic mass is 19.1. The van der Waals surface area contributed by atoms with Crippen molar-refractivity contribution in [1.29, 1.82) is 0 Å². The standard InChI is InChI=1S/C25H23FN2O3/c1-3-30-19-13-9-17(10-14-19)25-28-22(20-5-4-6-23(29-2)24(20)31-25)15-21(27-28)16-7-11-18(26)12-8-16/h4-14,22,25H,3,15H2,1-2H3/t22-,25-/m1/s1. The third kappa shape index (κ3) is 3.48. The molecule has 0 saturated carbocycles. The topological polar surface area (TPSA) is 43.3 Å². The summed E-state index contributed by atoms with van der Waals surface area (Å²) in [5.74, 6) is 1.99. The van der Waals surface area contributed by atoms with E-state index in [9.17, 15) is 4.39 Å². The maximum Gasteiger partial charge on any atom is 0.214 e. The predicted molar refractivity (Wildman–Crippen MR) is 116 cm³/mol. The molecule has 0 saturated heterocycles. The predicted octanol–water partition coefficient (Wildman–Crippen LogP) is 5.48. The molecule has 158 valence electrons. The Hall–Kier alpha value is -3.54. The quantitative estimate of drug-likeness (QED) is 0.551. The molecule has 0 amide bonds. The van der Waals surface area contributed by atoms with Gasteiger partial charge in [0.25, 0.3) is 0 Å². The van der Waals surface area contributed by atoms with Crippen LogP contribution < -0.4 is 14.2 Å². The molecule has 0 N–H and O–H groups in total. The van der Waals surface area contributed by atoms with Gasteiger partial charge in [-0.3, -0.25) is 0 Å². The number of halogens is 1. The summed E-state index contributed by atoms with van der Waals surface area (Å²) in [4.78, 5) is 0. The van der Waals surface area contributed by atoms with E-state index in [0.29, 0.717) is 18.8 Å². The molecule has 0 radical (unpaired) electrons. The molecule has 0 aliphatic carbocycles. The van der Waals surface area contributed by atoms with Gasteiger partial charge in [-0.1, -0.05) is 24.3 Å². The molecule has 5 rings (SSSR count). The molecular formula is C25H23FN2O3. The number of hydrogen-bond donors (Lipinski definition) is 0. The maximum atomic E-state index is 13.4. The summed E-state index contributed by atoms with van der Waals surface area (Å²) in [6.45, 7) is 2.57. The number of para-hydroxylation sites is 1. The molecular weight excluding hydrogens is 395 g/mol. The van der Waals surface area contributed by atoms with Crippen LogP contribution in [-0.2, 0) is 0 Å². The fourth-order valence-corrected chi connectivity index (χ4v) is 4.18. The summed E-state index contributed by atoms with van der Waals surface area (Å²) >= 11 is 0. The van der Waals surface area contributed by atoms with Crippen molar-refractivity contribution in [2.75, 3.05) is 13.7 Å². The van der Waals surface area contributed by atoms with Crippen LogP contribution in [0.3, 0.4) is 0 Å². The fraction of sp³-hybridized carbons (Fsp3) is 0.240. The van der Waals surface area contributed by atoms with Crippen LogP contribution in [0.5, 0.6) is 17.2 Å². The lowest BCUT2D eigenvalue weighted by Gasteiger charge is -2.38. The van der Waals surface area contributed by atoms with Gasteiger partial charge in [0, 0.05) is 17.5 Å². The Morgan fingerprint density at radius 2 is 1.84 bits per heavy atom. The van der Waals surface area contributed by atoms with E-state index in [-0.39, 0.29) is 11.9 Å². The zero-order valence-electron chi connectivity index (χ0n) is 17.4. The van der Waals surface area contributed by atoms with E-state index in [1.165, 1.54) is 12.1 Å². The van der Waals surface area contributed by atoms with E-state index in [1.807, 2.05) is 54.4 Å². The number of methoxy groups -OCH3 is 1. The van der Waals surface area contributed by atoms with E-state index in [4.69, 9.17) is 19.3 Å². The van der Waals surface area contributed by atoms with Crippen LogP contribution in [0, 0.1) is 5.82 Å². The lowest BCUT2D eigenvalue weighted by atomic mass is 9.95. The van der Waals surface area contributed by atoms with Crippen LogP contribution in [0.15, 0.2) is 71.8 Å². The van der Waals surface area contributed by atoms with Crippen molar-refractivity contribution in [3.63, 3.8) is 0 Å². The average Bonchev–Trinajstić information content (AvgIpc) is 3.25. The number of nitrogens with zero attached hydrogens (tertiary/aromatic N) is 2. The van der Waals surface area contributed by atoms with Crippen LogP contribution in [0.1, 0.15) is 42.3 Å². The highest BCUT2D eigenvalue weighted by molar-refractivity contribution is 6.02. The van der Waals surface area contributed by atoms with Gasteiger partial charge in [0.2, 0.25) is 6.23 Å². The molecule has 2 aliphatic rings. The van der Waals surface area contributed by atoms with E-state index in [0.717, 1.165) is 33.9 Å². The number of hydrazone groups is 1. The van der Waals surface area contributed by atoms with Gasteiger partial charge >= 0.3 is 0 Å². The first kappa shape index (κ1) is 19.4. The Kier molecular flexibility index (Phi) is 4.98. The number of fused-ring (bicyclic) bond motifs is 3. The average molecular weight is 418 g/mol. The Balaban J connectivity index is 1.57. The second-order valence-corrected chi connectivity index (χ2v) is 7.50. The van der Waals surface area contributed by atoms with E-state index in [2.05, 4.69) is 0 Å². The summed E-state index contributed by atoms with van der Waals surface area (Å²) in [6, 6.07) is 20.3. The second-order valence-electron chi connectivity index (χ2n) is 7.50. The molecule has 2 heterocycles. The zero-order chi connectivity index (χ0) is 21.4. The van der Waals surface area contributed by atoms with Crippen molar-refractivity contribution in [1.82, 2.24) is 5.01 Å². The smallest absolute Gasteiger partial charge is 0.214 e. The van der Waals surface area contributed by atoms with Gasteiger partial charge < -0.3 is 14.2 Å². The normalized spacial score (nSPS) is 19.2. The molecule has 6 heteroatoms. The van der Waals surface area contributed by atoms with Crippen LogP contribution in [0.2, 0.25) is 0 Å². The molecule has 31 heavy (non-hydrogen) atoms. The largest absolute Gasteiger partial charge is 0.494 e. The Morgan fingerprint density at radius 3 is 2.55 bits per heavy atom. The van der Waals surface area contributed by atoms with Crippen molar-refractivity contribution in [3.8, 4) is 17.2 Å². The van der Waals surface area contributed by atoms with Crippen LogP contribution >= 0.6 is 0 Å². The second kappa shape index (κ2) is 7.95. The minimum Gasteiger partial charge on any atom is -0.494 e. The highest BCUT2D eigenvalue weighted by Gasteiger charge is 2.42. The number of benzene rings is 3. The maximum absolute atomic E-state index is 13.4. The third-order valence-corrected chi connectivity index (χ3v) is 5.65. The molecule has 0 spiro atoms. The van der Waals surface area contributed by atoms with Crippen LogP contribution in [0.25, 0.3) is 0 Å². The van der Waals surface area contributed by atoms with Crippen LogP contribution in [-0.4, -0.2) is 24.4 Å². The molecule has 3 aromatic rings. The molecule has 0 unspecified atom stereocenters. The van der Waals surface area contributed by atoms with Gasteiger partial charge in [-0.2, -0.15) is 5.10 Å². The monoisotopic (exact) mass is 418 g/mol. The van der Waals surface area contributed by atoms with Crippen molar-refractivity contribution < 1.29 is 18.6 Å². The van der Waals surface area contributed by atoms with Gasteiger partial charge in [0.05, 0.1) is 25.5 Å². The number of rotatable bonds is 5. The molecule has 0 aromatic heterocycles. The first-order valence-electron chi connectivity index (χ1n) is 10.4. The summed E-state index contributed by atoms with van der Waals surface area (Å²) in [5, 5.41) is 6.91. The minimum atomic E-state index is -0.414. The third-order valence-electron chi connectivity index (χ3n) is 5.65. The SMILES string of the molecule is CCOc1ccc([C@H]2Oc3c(OC)cccc3[C@H]3CC(c4ccc(F)cc4)=NN32)cc1. The first-order valence-corrected chi connectivity index (χ1v) is 10.4. The van der Waals surface area contributed by atoms with Crippen molar-refractivity contribution in [2.24, 2.45) is 5.10 Å². The molecule has 0 fully saturated rings. The summed E-state index contributed by atoms with van der Waals surface area (Å²) in [6.07, 6.45) is 0.283. The van der Waals surface area contributed by atoms with Gasteiger partial charge in [0.15, 0.2) is 11.5 Å². The molecule has 0 bridgehead atoms. The Bertz CT molecular complexity index is 1110. The lowest BCUT2D eigenvalue weighted by Crippen LogP contribution is -2.33. The molecule has 5 nitrogen and oxygen atoms in total. The summed E-state index contributed by atoms with van der Waals surface area (Å²) in [5.41, 5.74) is 3.81. The van der Waals surface area contributed by atoms with E-state index >= 15 is 0 Å². The highest BCUT2D eigenvalue weighted by Crippen LogP contribution is 2.50. The van der Waals surface area contributed by atoms with E-state index < -0.39 is 6.23 Å². The van der Waals surface area contributed by atoms with Gasteiger partial charge in [-0.15, -0.1) is 0 Å². The van der Waals surface area contributed by atoms with Crippen molar-refractivity contribution >= 4 is 5.71 Å². The first-order chi connectivity index (χ1) is 15.2. The molecule has 3 aromatic carbocycles. The van der Waals surface area contributed by atoms with E-state index in [1.54, 1.807) is 19.2 Å². The summed E-state index contributed by atoms with van der Waals surface area (Å²) < 4.78 is 31.0. The van der Waals surface area contributed by atoms with Gasteiger partial charge in [-0.25, -0.2) is 9.40 Å². The number of hydrogen-bond acceptors (Lipinski definition) is 5. The summed E-state index contributed by atoms with van der Waals surface area (Å²) in [7, 11) is 1.65. The van der Waals surface area contributed by atoms with Crippen LogP contribution in [0.4, 0.5) is 4.39 Å². The number of ether oxygens (including phenoxy) is 3. The lowest BCUT2D eigenvalue weighted by molar-refractivity contribution is -0.0209. The Morgan fingerprint density at radius 1 is 1.06 bits per heavy atom. The molecule has 2 atom stereocenters. The van der Waals surface area contributed by atoms with Crippen molar-refractivity contribution in [3.05, 3.63) is 89.2 Å². The Labute approximate surface area is 180 Å². The minimum absolute atomic E-state index is 0.00419. The zero-order valence-corrected chi connectivity index (χ0v) is 17.4. The fourth-order valence-electron chi connectivity index (χ4n) is 4.18. The van der Waals surface area contributed by atoms with Gasteiger partial charge in [0.1, 0.15) is 11.6 Å². The molecule has 2 aliphatic heterocycles. The van der Waals surface area contributed by atoms with Crippen molar-refractivity contribution in [2.45, 2.75) is 25.6 Å². The van der Waals surface area contributed by atoms with Gasteiger partial charge in [-0.05, 0) is 55.0 Å².